The summed E-state index contributed by atoms with van der Waals surface area (Å²) in [4.78, 5) is 4.82. The molecule has 1 aromatic carbocycles. The van der Waals surface area contributed by atoms with Crippen LogP contribution in [0.15, 0.2) is 24.3 Å². The molecule has 0 bridgehead atoms. The maximum atomic E-state index is 6.04. The van der Waals surface area contributed by atoms with Gasteiger partial charge in [0.2, 0.25) is 0 Å². The van der Waals surface area contributed by atoms with Crippen molar-refractivity contribution in [3.63, 3.8) is 0 Å². The third-order valence-corrected chi connectivity index (χ3v) is 4.38. The number of nitrogens with two attached hydrogens (primary N) is 1. The summed E-state index contributed by atoms with van der Waals surface area (Å²) < 4.78 is 0. The van der Waals surface area contributed by atoms with E-state index < -0.39 is 0 Å². The van der Waals surface area contributed by atoms with Gasteiger partial charge in [0, 0.05) is 36.7 Å². The molecule has 1 saturated heterocycles. The minimum absolute atomic E-state index is 0.271. The highest BCUT2D eigenvalue weighted by molar-refractivity contribution is 6.30. The van der Waals surface area contributed by atoms with Gasteiger partial charge in [0.05, 0.1) is 0 Å². The van der Waals surface area contributed by atoms with Gasteiger partial charge in [-0.15, -0.1) is 0 Å². The maximum absolute atomic E-state index is 6.04. The second-order valence-corrected chi connectivity index (χ2v) is 6.27. The van der Waals surface area contributed by atoms with Crippen LogP contribution in [0.1, 0.15) is 12.0 Å². The SMILES string of the molecule is CN1CCN(C)C(CC(Cc2cccc(Cl)c2)NN)C1. The van der Waals surface area contributed by atoms with Crippen molar-refractivity contribution in [1.29, 1.82) is 0 Å². The molecular formula is C15H25ClN4. The van der Waals surface area contributed by atoms with Gasteiger partial charge in [0.1, 0.15) is 0 Å². The lowest BCUT2D eigenvalue weighted by atomic mass is 9.98. The summed E-state index contributed by atoms with van der Waals surface area (Å²) in [6.07, 6.45) is 1.95. The van der Waals surface area contributed by atoms with E-state index in [2.05, 4.69) is 35.4 Å². The smallest absolute Gasteiger partial charge is 0.0408 e. The molecule has 1 fully saturated rings. The summed E-state index contributed by atoms with van der Waals surface area (Å²) in [5, 5.41) is 0.785. The fourth-order valence-electron chi connectivity index (χ4n) is 2.84. The van der Waals surface area contributed by atoms with Crippen LogP contribution in [0, 0.1) is 0 Å². The molecule has 2 rings (SSSR count). The number of benzene rings is 1. The Kier molecular flexibility index (Phi) is 5.81. The monoisotopic (exact) mass is 296 g/mol. The van der Waals surface area contributed by atoms with E-state index in [1.807, 2.05) is 18.2 Å². The van der Waals surface area contributed by atoms with E-state index in [-0.39, 0.29) is 6.04 Å². The second-order valence-electron chi connectivity index (χ2n) is 5.83. The number of hydrogen-bond donors (Lipinski definition) is 2. The molecule has 0 aromatic heterocycles. The average Bonchev–Trinajstić information content (AvgIpc) is 2.42. The van der Waals surface area contributed by atoms with Crippen LogP contribution < -0.4 is 11.3 Å². The van der Waals surface area contributed by atoms with Crippen LogP contribution in [0.25, 0.3) is 0 Å². The average molecular weight is 297 g/mol. The van der Waals surface area contributed by atoms with Gasteiger partial charge in [-0.3, -0.25) is 11.3 Å². The molecule has 0 radical (unpaired) electrons. The van der Waals surface area contributed by atoms with Crippen LogP contribution in [-0.2, 0) is 6.42 Å². The predicted molar refractivity (Wildman–Crippen MR) is 84.8 cm³/mol. The lowest BCUT2D eigenvalue weighted by molar-refractivity contribution is 0.101. The molecule has 0 spiro atoms. The first-order chi connectivity index (χ1) is 9.58. The quantitative estimate of drug-likeness (QED) is 0.636. The highest BCUT2D eigenvalue weighted by Gasteiger charge is 2.25. The van der Waals surface area contributed by atoms with E-state index >= 15 is 0 Å². The summed E-state index contributed by atoms with van der Waals surface area (Å²) in [5.74, 6) is 5.74. The van der Waals surface area contributed by atoms with E-state index in [0.29, 0.717) is 6.04 Å². The molecule has 20 heavy (non-hydrogen) atoms. The van der Waals surface area contributed by atoms with E-state index in [9.17, 15) is 0 Å². The number of nitrogens with one attached hydrogen (secondary N) is 1. The van der Waals surface area contributed by atoms with Crippen LogP contribution in [0.5, 0.6) is 0 Å². The number of nitrogens with zero attached hydrogens (tertiary/aromatic N) is 2. The van der Waals surface area contributed by atoms with Crippen LogP contribution in [0.4, 0.5) is 0 Å². The third-order valence-electron chi connectivity index (χ3n) is 4.14. The highest BCUT2D eigenvalue weighted by atomic mass is 35.5. The highest BCUT2D eigenvalue weighted by Crippen LogP contribution is 2.16. The zero-order valence-electron chi connectivity index (χ0n) is 12.3. The first-order valence-corrected chi connectivity index (χ1v) is 7.55. The Balaban J connectivity index is 1.94. The van der Waals surface area contributed by atoms with Crippen molar-refractivity contribution >= 4 is 11.6 Å². The van der Waals surface area contributed by atoms with Crippen molar-refractivity contribution in [3.05, 3.63) is 34.9 Å². The van der Waals surface area contributed by atoms with Gasteiger partial charge in [0.15, 0.2) is 0 Å². The van der Waals surface area contributed by atoms with E-state index in [1.54, 1.807) is 0 Å². The van der Waals surface area contributed by atoms with Gasteiger partial charge in [-0.2, -0.15) is 0 Å². The minimum atomic E-state index is 0.271. The zero-order chi connectivity index (χ0) is 14.5. The molecule has 5 heteroatoms. The molecule has 3 N–H and O–H groups in total. The van der Waals surface area contributed by atoms with Crippen LogP contribution in [0.3, 0.4) is 0 Å². The molecule has 1 aromatic rings. The standard InChI is InChI=1S/C15H25ClN4/c1-19-6-7-20(2)15(11-19)10-14(18-17)9-12-4-3-5-13(16)8-12/h3-5,8,14-15,18H,6-7,9-11,17H2,1-2H3. The summed E-state index contributed by atoms with van der Waals surface area (Å²) in [7, 11) is 4.38. The first kappa shape index (κ1) is 15.7. The molecule has 0 aliphatic carbocycles. The molecular weight excluding hydrogens is 272 g/mol. The van der Waals surface area contributed by atoms with Crippen LogP contribution in [-0.4, -0.2) is 55.6 Å². The third kappa shape index (κ3) is 4.43. The molecule has 2 unspecified atom stereocenters. The van der Waals surface area contributed by atoms with Gasteiger partial charge in [0.25, 0.3) is 0 Å². The van der Waals surface area contributed by atoms with Crippen molar-refractivity contribution in [2.45, 2.75) is 24.9 Å². The zero-order valence-corrected chi connectivity index (χ0v) is 13.1. The predicted octanol–water partition coefficient (Wildman–Crippen LogP) is 1.35. The van der Waals surface area contributed by atoms with Gasteiger partial charge in [-0.05, 0) is 44.6 Å². The van der Waals surface area contributed by atoms with E-state index in [1.165, 1.54) is 5.56 Å². The van der Waals surface area contributed by atoms with Crippen LogP contribution >= 0.6 is 11.6 Å². The van der Waals surface area contributed by atoms with Crippen LogP contribution in [0.2, 0.25) is 5.02 Å². The molecule has 1 aliphatic rings. The Morgan fingerprint density at radius 2 is 2.20 bits per heavy atom. The first-order valence-electron chi connectivity index (χ1n) is 7.18. The molecule has 2 atom stereocenters. The lowest BCUT2D eigenvalue weighted by Crippen LogP contribution is -2.53. The molecule has 0 saturated carbocycles. The Morgan fingerprint density at radius 3 is 2.90 bits per heavy atom. The summed E-state index contributed by atoms with van der Waals surface area (Å²) in [6, 6.07) is 8.84. The number of likely N-dealkylation sites (N-methyl/N-ethyl adjacent to an activating group) is 2. The molecule has 0 amide bonds. The normalized spacial score (nSPS) is 22.9. The summed E-state index contributed by atoms with van der Waals surface area (Å²) in [5.41, 5.74) is 4.19. The molecule has 4 nitrogen and oxygen atoms in total. The molecule has 112 valence electrons. The lowest BCUT2D eigenvalue weighted by Gasteiger charge is -2.39. The Hall–Kier alpha value is -0.650. The number of halogens is 1. The van der Waals surface area contributed by atoms with Gasteiger partial charge < -0.3 is 9.80 Å². The fourth-order valence-corrected chi connectivity index (χ4v) is 3.06. The van der Waals surface area contributed by atoms with Crippen molar-refractivity contribution in [3.8, 4) is 0 Å². The van der Waals surface area contributed by atoms with Gasteiger partial charge in [-0.1, -0.05) is 23.7 Å². The fraction of sp³-hybridized carbons (Fsp3) is 0.600. The Labute approximate surface area is 126 Å². The van der Waals surface area contributed by atoms with Crippen molar-refractivity contribution < 1.29 is 0 Å². The van der Waals surface area contributed by atoms with E-state index in [4.69, 9.17) is 17.4 Å². The summed E-state index contributed by atoms with van der Waals surface area (Å²) in [6.45, 7) is 3.36. The maximum Gasteiger partial charge on any atom is 0.0408 e. The Morgan fingerprint density at radius 1 is 1.40 bits per heavy atom. The Bertz CT molecular complexity index is 426. The minimum Gasteiger partial charge on any atom is -0.304 e. The van der Waals surface area contributed by atoms with Crippen molar-refractivity contribution in [2.24, 2.45) is 5.84 Å². The number of rotatable bonds is 5. The number of hydrogen-bond acceptors (Lipinski definition) is 4. The molecule has 1 aliphatic heterocycles. The molecule has 1 heterocycles. The van der Waals surface area contributed by atoms with E-state index in [0.717, 1.165) is 37.5 Å². The number of hydrazine groups is 1. The van der Waals surface area contributed by atoms with Crippen molar-refractivity contribution in [2.75, 3.05) is 33.7 Å². The number of piperazine rings is 1. The van der Waals surface area contributed by atoms with Crippen molar-refractivity contribution in [1.82, 2.24) is 15.2 Å². The van der Waals surface area contributed by atoms with Gasteiger partial charge >= 0.3 is 0 Å². The largest absolute Gasteiger partial charge is 0.304 e. The topological polar surface area (TPSA) is 44.5 Å². The van der Waals surface area contributed by atoms with Gasteiger partial charge in [-0.25, -0.2) is 0 Å². The summed E-state index contributed by atoms with van der Waals surface area (Å²) >= 11 is 6.04. The second kappa shape index (κ2) is 7.38.